The van der Waals surface area contributed by atoms with Crippen LogP contribution in [0.2, 0.25) is 0 Å². The normalized spacial score (nSPS) is 24.7. The molecule has 1 N–H and O–H groups in total. The van der Waals surface area contributed by atoms with Crippen LogP contribution in [0.25, 0.3) is 0 Å². The van der Waals surface area contributed by atoms with Crippen molar-refractivity contribution < 1.29 is 5.11 Å². The van der Waals surface area contributed by atoms with E-state index < -0.39 is 5.60 Å². The highest BCUT2D eigenvalue weighted by molar-refractivity contribution is 5.29. The molecule has 1 aliphatic carbocycles. The number of tetrazole rings is 1. The average Bonchev–Trinajstić information content (AvgIpc) is 2.63. The molecule has 2 heterocycles. The lowest BCUT2D eigenvalue weighted by Crippen LogP contribution is -2.51. The molecule has 3 rings (SSSR count). The second-order valence-electron chi connectivity index (χ2n) is 5.32. The third-order valence-corrected chi connectivity index (χ3v) is 4.37. The van der Waals surface area contributed by atoms with E-state index in [2.05, 4.69) is 20.4 Å². The van der Waals surface area contributed by atoms with Gasteiger partial charge in [-0.1, -0.05) is 11.5 Å². The quantitative estimate of drug-likeness (QED) is 0.803. The molecule has 6 nitrogen and oxygen atoms in total. The van der Waals surface area contributed by atoms with Crippen molar-refractivity contribution in [3.63, 3.8) is 0 Å². The van der Waals surface area contributed by atoms with Crippen LogP contribution >= 0.6 is 0 Å². The van der Waals surface area contributed by atoms with Gasteiger partial charge >= 0.3 is 0 Å². The first-order chi connectivity index (χ1) is 8.19. The van der Waals surface area contributed by atoms with E-state index in [1.54, 1.807) is 4.68 Å². The Labute approximate surface area is 101 Å². The minimum atomic E-state index is -0.430. The average molecular weight is 237 g/mol. The van der Waals surface area contributed by atoms with Gasteiger partial charge in [-0.2, -0.15) is 0 Å². The molecule has 0 amide bonds. The number of aromatic nitrogens is 4. The highest BCUT2D eigenvalue weighted by atomic mass is 16.3. The molecule has 0 spiro atoms. The number of nitrogens with zero attached hydrogens (tertiary/aromatic N) is 5. The molecule has 2 aliphatic rings. The summed E-state index contributed by atoms with van der Waals surface area (Å²) in [5.41, 5.74) is -0.430. The predicted octanol–water partition coefficient (Wildman–Crippen LogP) is 0.341. The molecule has 0 atom stereocenters. The molecular formula is C11H19N5O. The van der Waals surface area contributed by atoms with Crippen LogP contribution in [0, 0.1) is 5.92 Å². The first-order valence-electron chi connectivity index (χ1n) is 6.39. The van der Waals surface area contributed by atoms with Crippen molar-refractivity contribution in [1.82, 2.24) is 20.2 Å². The van der Waals surface area contributed by atoms with Gasteiger partial charge in [-0.3, -0.25) is 0 Å². The Morgan fingerprint density at radius 3 is 2.47 bits per heavy atom. The Bertz CT molecular complexity index is 392. The van der Waals surface area contributed by atoms with Crippen molar-refractivity contribution in [3.05, 3.63) is 0 Å². The Kier molecular flexibility index (Phi) is 2.54. The lowest BCUT2D eigenvalue weighted by atomic mass is 9.69. The summed E-state index contributed by atoms with van der Waals surface area (Å²) >= 11 is 0. The summed E-state index contributed by atoms with van der Waals surface area (Å²) in [6.45, 7) is 1.70. The molecule has 1 aliphatic heterocycles. The molecule has 0 radical (unpaired) electrons. The zero-order chi connectivity index (χ0) is 11.9. The van der Waals surface area contributed by atoms with E-state index in [0.717, 1.165) is 31.9 Å². The molecule has 17 heavy (non-hydrogen) atoms. The van der Waals surface area contributed by atoms with E-state index >= 15 is 0 Å². The minimum Gasteiger partial charge on any atom is -0.389 e. The molecule has 0 aromatic carbocycles. The monoisotopic (exact) mass is 237 g/mol. The van der Waals surface area contributed by atoms with Gasteiger partial charge in [-0.05, 0) is 42.0 Å². The molecular weight excluding hydrogens is 218 g/mol. The summed E-state index contributed by atoms with van der Waals surface area (Å²) in [7, 11) is 1.85. The third-order valence-electron chi connectivity index (χ3n) is 4.37. The topological polar surface area (TPSA) is 67.1 Å². The number of rotatable bonds is 2. The van der Waals surface area contributed by atoms with Crippen molar-refractivity contribution >= 4 is 5.95 Å². The highest BCUT2D eigenvalue weighted by Gasteiger charge is 2.42. The van der Waals surface area contributed by atoms with Gasteiger partial charge in [0.1, 0.15) is 0 Å². The first-order valence-corrected chi connectivity index (χ1v) is 6.39. The van der Waals surface area contributed by atoms with Crippen LogP contribution in [-0.2, 0) is 7.05 Å². The molecule has 1 aromatic rings. The van der Waals surface area contributed by atoms with E-state index in [4.69, 9.17) is 0 Å². The van der Waals surface area contributed by atoms with Crippen molar-refractivity contribution in [3.8, 4) is 0 Å². The van der Waals surface area contributed by atoms with E-state index in [0.29, 0.717) is 5.92 Å². The van der Waals surface area contributed by atoms with Crippen molar-refractivity contribution in [2.24, 2.45) is 13.0 Å². The molecule has 2 fully saturated rings. The van der Waals surface area contributed by atoms with E-state index in [9.17, 15) is 5.11 Å². The summed E-state index contributed by atoms with van der Waals surface area (Å²) in [6, 6.07) is 0. The number of aliphatic hydroxyl groups is 1. The smallest absolute Gasteiger partial charge is 0.245 e. The number of piperidine rings is 1. The zero-order valence-electron chi connectivity index (χ0n) is 10.2. The first kappa shape index (κ1) is 11.0. The second-order valence-corrected chi connectivity index (χ2v) is 5.32. The maximum atomic E-state index is 10.6. The maximum absolute atomic E-state index is 10.6. The number of aryl methyl sites for hydroxylation is 1. The van der Waals surface area contributed by atoms with Crippen LogP contribution in [0.1, 0.15) is 32.1 Å². The lowest BCUT2D eigenvalue weighted by Gasteiger charge is -2.46. The Morgan fingerprint density at radius 1 is 1.29 bits per heavy atom. The highest BCUT2D eigenvalue weighted by Crippen LogP contribution is 2.42. The summed E-state index contributed by atoms with van der Waals surface area (Å²) in [5.74, 6) is 1.34. The molecule has 6 heteroatoms. The van der Waals surface area contributed by atoms with Gasteiger partial charge < -0.3 is 10.0 Å². The number of hydrogen-bond acceptors (Lipinski definition) is 5. The molecule has 1 saturated heterocycles. The van der Waals surface area contributed by atoms with Crippen LogP contribution in [0.4, 0.5) is 5.95 Å². The van der Waals surface area contributed by atoms with Gasteiger partial charge in [-0.25, -0.2) is 4.68 Å². The van der Waals surface area contributed by atoms with Crippen LogP contribution in [-0.4, -0.2) is 44.0 Å². The fourth-order valence-electron chi connectivity index (χ4n) is 2.94. The maximum Gasteiger partial charge on any atom is 0.245 e. The molecule has 0 unspecified atom stereocenters. The van der Waals surface area contributed by atoms with Crippen LogP contribution < -0.4 is 4.90 Å². The number of hydrogen-bond donors (Lipinski definition) is 1. The summed E-state index contributed by atoms with van der Waals surface area (Å²) in [5, 5.41) is 22.1. The fourth-order valence-corrected chi connectivity index (χ4v) is 2.94. The standard InChI is InChI=1S/C11H19N5O/c1-15-10(12-13-14-15)16-7-5-11(17,6-8-16)9-3-2-4-9/h9,17H,2-8H2,1H3. The number of anilines is 1. The summed E-state index contributed by atoms with van der Waals surface area (Å²) in [6.07, 6.45) is 5.35. The third kappa shape index (κ3) is 1.80. The fraction of sp³-hybridized carbons (Fsp3) is 0.909. The molecule has 1 aromatic heterocycles. The largest absolute Gasteiger partial charge is 0.389 e. The summed E-state index contributed by atoms with van der Waals surface area (Å²) in [4.78, 5) is 2.16. The van der Waals surface area contributed by atoms with Crippen LogP contribution in [0.15, 0.2) is 0 Å². The van der Waals surface area contributed by atoms with Crippen LogP contribution in [0.5, 0.6) is 0 Å². The lowest BCUT2D eigenvalue weighted by molar-refractivity contribution is -0.0677. The Balaban J connectivity index is 1.66. The van der Waals surface area contributed by atoms with Gasteiger partial charge in [0.25, 0.3) is 0 Å². The predicted molar refractivity (Wildman–Crippen MR) is 62.5 cm³/mol. The van der Waals surface area contributed by atoms with Crippen molar-refractivity contribution in [2.45, 2.75) is 37.7 Å². The minimum absolute atomic E-state index is 0.430. The SMILES string of the molecule is Cn1nnnc1N1CCC(O)(C2CCC2)CC1. The van der Waals surface area contributed by atoms with Gasteiger partial charge in [0.15, 0.2) is 0 Å². The van der Waals surface area contributed by atoms with E-state index in [1.807, 2.05) is 7.05 Å². The van der Waals surface area contributed by atoms with Crippen LogP contribution in [0.3, 0.4) is 0 Å². The van der Waals surface area contributed by atoms with E-state index in [1.165, 1.54) is 19.3 Å². The van der Waals surface area contributed by atoms with Gasteiger partial charge in [0, 0.05) is 20.1 Å². The van der Waals surface area contributed by atoms with Crippen molar-refractivity contribution in [2.75, 3.05) is 18.0 Å². The molecule has 1 saturated carbocycles. The van der Waals surface area contributed by atoms with Gasteiger partial charge in [0.2, 0.25) is 5.95 Å². The Hall–Kier alpha value is -1.17. The zero-order valence-corrected chi connectivity index (χ0v) is 10.2. The van der Waals surface area contributed by atoms with Gasteiger partial charge in [0.05, 0.1) is 5.60 Å². The second kappa shape index (κ2) is 3.94. The molecule has 0 bridgehead atoms. The Morgan fingerprint density at radius 2 is 2.00 bits per heavy atom. The van der Waals surface area contributed by atoms with E-state index in [-0.39, 0.29) is 0 Å². The summed E-state index contributed by atoms with van der Waals surface area (Å²) < 4.78 is 1.69. The molecule has 94 valence electrons. The van der Waals surface area contributed by atoms with Crippen molar-refractivity contribution in [1.29, 1.82) is 0 Å². The van der Waals surface area contributed by atoms with Gasteiger partial charge in [-0.15, -0.1) is 0 Å².